The molecule has 2 aliphatic heterocycles. The Morgan fingerprint density at radius 1 is 1.25 bits per heavy atom. The summed E-state index contributed by atoms with van der Waals surface area (Å²) in [5.74, 6) is -2.28. The van der Waals surface area contributed by atoms with Crippen molar-refractivity contribution in [2.24, 2.45) is 11.8 Å². The Kier molecular flexibility index (Phi) is 4.59. The van der Waals surface area contributed by atoms with Crippen molar-refractivity contribution in [3.8, 4) is 6.07 Å². The molecular formula is C20H20FN5O2. The fraction of sp³-hybridized carbons (Fsp3) is 0.400. The van der Waals surface area contributed by atoms with Crippen molar-refractivity contribution in [1.82, 2.24) is 9.97 Å². The molecule has 1 fully saturated rings. The first-order chi connectivity index (χ1) is 13.5. The second-order valence-corrected chi connectivity index (χ2v) is 7.42. The number of benzene rings is 1. The summed E-state index contributed by atoms with van der Waals surface area (Å²) in [5.41, 5.74) is -0.213. The lowest BCUT2D eigenvalue weighted by Crippen LogP contribution is -2.40. The van der Waals surface area contributed by atoms with Gasteiger partial charge in [-0.2, -0.15) is 10.2 Å². The fourth-order valence-corrected chi connectivity index (χ4v) is 3.93. The van der Waals surface area contributed by atoms with Crippen LogP contribution in [0.2, 0.25) is 0 Å². The van der Waals surface area contributed by atoms with Crippen LogP contribution in [0.1, 0.15) is 36.8 Å². The van der Waals surface area contributed by atoms with Crippen LogP contribution < -0.4 is 15.8 Å². The van der Waals surface area contributed by atoms with E-state index < -0.39 is 29.1 Å². The Morgan fingerprint density at radius 3 is 2.64 bits per heavy atom. The first kappa shape index (κ1) is 18.2. The summed E-state index contributed by atoms with van der Waals surface area (Å²) >= 11 is 0. The molecule has 28 heavy (non-hydrogen) atoms. The molecule has 0 spiro atoms. The van der Waals surface area contributed by atoms with Crippen LogP contribution in [-0.4, -0.2) is 29.0 Å². The summed E-state index contributed by atoms with van der Waals surface area (Å²) in [6.07, 6.45) is 1.98. The number of rotatable bonds is 2. The average Bonchev–Trinajstić information content (AvgIpc) is 2.68. The zero-order chi connectivity index (χ0) is 19.8. The van der Waals surface area contributed by atoms with Gasteiger partial charge in [-0.15, -0.1) is 0 Å². The number of carbonyl (C=O) groups excluding carboxylic acids is 1. The van der Waals surface area contributed by atoms with Crippen LogP contribution in [0.15, 0.2) is 29.1 Å². The zero-order valence-corrected chi connectivity index (χ0v) is 15.4. The second-order valence-electron chi connectivity index (χ2n) is 7.42. The van der Waals surface area contributed by atoms with Crippen molar-refractivity contribution in [2.75, 3.05) is 23.3 Å². The molecule has 8 heteroatoms. The highest BCUT2D eigenvalue weighted by atomic mass is 19.1. The largest absolute Gasteiger partial charge is 0.342 e. The van der Waals surface area contributed by atoms with E-state index in [0.29, 0.717) is 11.9 Å². The number of nitrogens with one attached hydrogen (secondary N) is 2. The normalized spacial score (nSPS) is 22.3. The molecule has 3 heterocycles. The number of piperidine rings is 1. The Labute approximate surface area is 161 Å². The predicted octanol–water partition coefficient (Wildman–Crippen LogP) is 2.37. The van der Waals surface area contributed by atoms with Crippen LogP contribution in [0.5, 0.6) is 0 Å². The maximum absolute atomic E-state index is 14.5. The van der Waals surface area contributed by atoms with Gasteiger partial charge in [0.2, 0.25) is 11.9 Å². The van der Waals surface area contributed by atoms with E-state index in [4.69, 9.17) is 0 Å². The topological polar surface area (TPSA) is 102 Å². The number of fused-ring (bicyclic) bond motifs is 1. The van der Waals surface area contributed by atoms with Crippen LogP contribution in [0, 0.1) is 29.0 Å². The quantitative estimate of drug-likeness (QED) is 0.832. The fourth-order valence-electron chi connectivity index (χ4n) is 3.93. The molecule has 1 aromatic carbocycles. The van der Waals surface area contributed by atoms with Gasteiger partial charge < -0.3 is 10.2 Å². The van der Waals surface area contributed by atoms with Gasteiger partial charge >= 0.3 is 0 Å². The summed E-state index contributed by atoms with van der Waals surface area (Å²) < 4.78 is 14.5. The highest BCUT2D eigenvalue weighted by molar-refractivity contribution is 5.98. The Bertz CT molecular complexity index is 1020. The number of nitriles is 1. The number of H-pyrrole nitrogens is 1. The summed E-state index contributed by atoms with van der Waals surface area (Å²) in [6.45, 7) is 3.70. The minimum atomic E-state index is -1.21. The number of nitrogens with zero attached hydrogens (tertiary/aromatic N) is 3. The van der Waals surface area contributed by atoms with Crippen LogP contribution in [0.25, 0.3) is 0 Å². The smallest absolute Gasteiger partial charge is 0.258 e. The first-order valence-electron chi connectivity index (χ1n) is 9.33. The molecule has 7 nitrogen and oxygen atoms in total. The monoisotopic (exact) mass is 381 g/mol. The lowest BCUT2D eigenvalue weighted by Gasteiger charge is -2.33. The maximum Gasteiger partial charge on any atom is 0.258 e. The molecule has 0 unspecified atom stereocenters. The van der Waals surface area contributed by atoms with Crippen molar-refractivity contribution >= 4 is 17.7 Å². The lowest BCUT2D eigenvalue weighted by molar-refractivity contribution is -0.119. The molecule has 2 N–H and O–H groups in total. The molecule has 0 saturated carbocycles. The number of hydrogen-bond acceptors (Lipinski definition) is 5. The molecule has 2 atom stereocenters. The van der Waals surface area contributed by atoms with E-state index in [9.17, 15) is 19.2 Å². The zero-order valence-electron chi connectivity index (χ0n) is 15.4. The van der Waals surface area contributed by atoms with Gasteiger partial charge in [-0.1, -0.05) is 25.1 Å². The van der Waals surface area contributed by atoms with Crippen LogP contribution >= 0.6 is 0 Å². The third-order valence-electron chi connectivity index (χ3n) is 5.57. The highest BCUT2D eigenvalue weighted by Crippen LogP contribution is 2.39. The third-order valence-corrected chi connectivity index (χ3v) is 5.57. The average molecular weight is 381 g/mol. The molecule has 2 aromatic rings. The molecule has 0 bridgehead atoms. The molecular weight excluding hydrogens is 361 g/mol. The Balaban J connectivity index is 1.83. The predicted molar refractivity (Wildman–Crippen MR) is 101 cm³/mol. The van der Waals surface area contributed by atoms with Crippen LogP contribution in [0.4, 0.5) is 16.2 Å². The van der Waals surface area contributed by atoms with E-state index in [1.54, 1.807) is 6.07 Å². The van der Waals surface area contributed by atoms with Gasteiger partial charge in [-0.05, 0) is 30.4 Å². The first-order valence-corrected chi connectivity index (χ1v) is 9.33. The van der Waals surface area contributed by atoms with Crippen molar-refractivity contribution in [3.05, 3.63) is 51.6 Å². The summed E-state index contributed by atoms with van der Waals surface area (Å²) in [6, 6.07) is 7.79. The third kappa shape index (κ3) is 3.03. The van der Waals surface area contributed by atoms with Gasteiger partial charge in [0.25, 0.3) is 5.56 Å². The van der Waals surface area contributed by atoms with E-state index in [1.165, 1.54) is 18.2 Å². The second kappa shape index (κ2) is 7.08. The van der Waals surface area contributed by atoms with E-state index >= 15 is 0 Å². The maximum atomic E-state index is 14.5. The minimum Gasteiger partial charge on any atom is -0.342 e. The molecule has 0 aliphatic carbocycles. The summed E-state index contributed by atoms with van der Waals surface area (Å²) in [5, 5.41) is 12.1. The van der Waals surface area contributed by atoms with Gasteiger partial charge in [0.1, 0.15) is 17.6 Å². The van der Waals surface area contributed by atoms with Crippen molar-refractivity contribution in [2.45, 2.75) is 25.7 Å². The van der Waals surface area contributed by atoms with Crippen LogP contribution in [-0.2, 0) is 4.79 Å². The van der Waals surface area contributed by atoms with Crippen molar-refractivity contribution < 1.29 is 9.18 Å². The van der Waals surface area contributed by atoms with Gasteiger partial charge in [0, 0.05) is 19.0 Å². The summed E-state index contributed by atoms with van der Waals surface area (Å²) in [7, 11) is 0. The van der Waals surface area contributed by atoms with E-state index in [0.717, 1.165) is 25.9 Å². The van der Waals surface area contributed by atoms with Crippen LogP contribution in [0.3, 0.4) is 0 Å². The highest BCUT2D eigenvalue weighted by Gasteiger charge is 2.41. The number of amides is 1. The SMILES string of the molecule is CC1CCN(c2nc3c(c(=O)[nH]2)[C@H](c2ccccc2F)[C@@H](C#N)C(=O)N3)CC1. The molecule has 2 aliphatic rings. The molecule has 1 amide bonds. The standard InChI is InChI=1S/C20H20FN5O2/c1-11-6-8-26(9-7-11)20-24-17-16(19(28)25-20)15(13(10-22)18(27)23-17)12-4-2-3-5-14(12)21/h2-5,11,13,15H,6-9H2,1H3,(H2,23,24,25,27,28)/t13-,15-/m1/s1. The van der Waals surface area contributed by atoms with E-state index in [2.05, 4.69) is 22.2 Å². The van der Waals surface area contributed by atoms with Crippen molar-refractivity contribution in [1.29, 1.82) is 5.26 Å². The van der Waals surface area contributed by atoms with Gasteiger partial charge in [0.15, 0.2) is 0 Å². The van der Waals surface area contributed by atoms with Gasteiger partial charge in [-0.25, -0.2) is 4.39 Å². The summed E-state index contributed by atoms with van der Waals surface area (Å²) in [4.78, 5) is 34.7. The van der Waals surface area contributed by atoms with Crippen molar-refractivity contribution in [3.63, 3.8) is 0 Å². The Morgan fingerprint density at radius 2 is 1.96 bits per heavy atom. The minimum absolute atomic E-state index is 0.0992. The lowest BCUT2D eigenvalue weighted by atomic mass is 9.79. The Hall–Kier alpha value is -3.21. The molecule has 144 valence electrons. The van der Waals surface area contributed by atoms with E-state index in [-0.39, 0.29) is 16.9 Å². The van der Waals surface area contributed by atoms with Gasteiger partial charge in [0.05, 0.1) is 11.6 Å². The number of aromatic nitrogens is 2. The number of aromatic amines is 1. The molecule has 1 saturated heterocycles. The number of halogens is 1. The van der Waals surface area contributed by atoms with E-state index in [1.807, 2.05) is 11.0 Å². The number of carbonyl (C=O) groups is 1. The molecule has 1 aromatic heterocycles. The van der Waals surface area contributed by atoms with Gasteiger partial charge in [-0.3, -0.25) is 14.6 Å². The molecule has 0 radical (unpaired) electrons. The molecule has 4 rings (SSSR count). The number of hydrogen-bond donors (Lipinski definition) is 2. The number of anilines is 2.